The third-order valence-corrected chi connectivity index (χ3v) is 3.92. The van der Waals surface area contributed by atoms with Crippen LogP contribution >= 0.6 is 23.4 Å². The maximum atomic E-state index is 12.2. The first-order valence-corrected chi connectivity index (χ1v) is 8.19. The van der Waals surface area contributed by atoms with Crippen molar-refractivity contribution in [3.05, 3.63) is 28.8 Å². The second-order valence-corrected chi connectivity index (χ2v) is 6.81. The number of rotatable bonds is 7. The van der Waals surface area contributed by atoms with Crippen LogP contribution in [0.3, 0.4) is 0 Å². The number of carbonyl (C=O) groups is 1. The molecule has 1 unspecified atom stereocenters. The van der Waals surface area contributed by atoms with E-state index >= 15 is 0 Å². The van der Waals surface area contributed by atoms with E-state index in [1.807, 2.05) is 26.8 Å². The van der Waals surface area contributed by atoms with Gasteiger partial charge >= 0.3 is 0 Å². The van der Waals surface area contributed by atoms with Gasteiger partial charge in [0.25, 0.3) is 5.91 Å². The second kappa shape index (κ2) is 8.55. The molecular weight excluding hydrogens is 294 g/mol. The molecule has 1 atom stereocenters. The van der Waals surface area contributed by atoms with Crippen molar-refractivity contribution in [2.24, 2.45) is 5.92 Å². The van der Waals surface area contributed by atoms with Gasteiger partial charge < -0.3 is 10.4 Å². The Morgan fingerprint density at radius 2 is 2.15 bits per heavy atom. The first-order valence-electron chi connectivity index (χ1n) is 6.82. The molecule has 1 aromatic rings. The van der Waals surface area contributed by atoms with Crippen LogP contribution in [0.2, 0.25) is 5.02 Å². The fourth-order valence-corrected chi connectivity index (χ4v) is 2.85. The van der Waals surface area contributed by atoms with E-state index in [9.17, 15) is 9.90 Å². The van der Waals surface area contributed by atoms with Crippen LogP contribution in [0.25, 0.3) is 0 Å². The first kappa shape index (κ1) is 17.3. The molecule has 112 valence electrons. The molecule has 0 fully saturated rings. The number of nitrogens with one attached hydrogen (secondary N) is 1. The normalized spacial score (nSPS) is 12.5. The maximum absolute atomic E-state index is 12.2. The highest BCUT2D eigenvalue weighted by molar-refractivity contribution is 7.99. The van der Waals surface area contributed by atoms with Crippen molar-refractivity contribution in [3.8, 4) is 0 Å². The van der Waals surface area contributed by atoms with Crippen LogP contribution < -0.4 is 5.32 Å². The van der Waals surface area contributed by atoms with Crippen molar-refractivity contribution in [2.75, 3.05) is 12.3 Å². The molecule has 0 saturated heterocycles. The largest absolute Gasteiger partial charge is 0.391 e. The van der Waals surface area contributed by atoms with Crippen molar-refractivity contribution in [3.63, 3.8) is 0 Å². The lowest BCUT2D eigenvalue weighted by atomic mass is 10.1. The summed E-state index contributed by atoms with van der Waals surface area (Å²) in [6.07, 6.45) is 0.160. The summed E-state index contributed by atoms with van der Waals surface area (Å²) >= 11 is 7.56. The zero-order valence-corrected chi connectivity index (χ0v) is 13.7. The number of benzene rings is 1. The Bertz CT molecular complexity index is 451. The number of hydrogen-bond donors (Lipinski definition) is 2. The number of hydrogen-bond acceptors (Lipinski definition) is 3. The number of aliphatic hydroxyl groups excluding tert-OH is 1. The summed E-state index contributed by atoms with van der Waals surface area (Å²) in [5.74, 6) is 1.10. The lowest BCUT2D eigenvalue weighted by Gasteiger charge is -2.15. The van der Waals surface area contributed by atoms with Gasteiger partial charge in [0.2, 0.25) is 0 Å². The van der Waals surface area contributed by atoms with Crippen LogP contribution in [0.4, 0.5) is 0 Å². The third-order valence-electron chi connectivity index (χ3n) is 2.73. The lowest BCUT2D eigenvalue weighted by Crippen LogP contribution is -2.33. The summed E-state index contributed by atoms with van der Waals surface area (Å²) in [5, 5.41) is 13.1. The molecule has 0 radical (unpaired) electrons. The highest BCUT2D eigenvalue weighted by Gasteiger charge is 2.14. The Hall–Kier alpha value is -0.710. The Morgan fingerprint density at radius 3 is 2.75 bits per heavy atom. The Kier molecular flexibility index (Phi) is 7.41. The van der Waals surface area contributed by atoms with Crippen molar-refractivity contribution in [1.29, 1.82) is 0 Å². The summed E-state index contributed by atoms with van der Waals surface area (Å²) in [4.78, 5) is 13.1. The smallest absolute Gasteiger partial charge is 0.252 e. The molecule has 0 aliphatic rings. The summed E-state index contributed by atoms with van der Waals surface area (Å²) in [6, 6.07) is 5.31. The van der Waals surface area contributed by atoms with Gasteiger partial charge in [0, 0.05) is 16.5 Å². The van der Waals surface area contributed by atoms with Gasteiger partial charge in [0.15, 0.2) is 0 Å². The zero-order valence-electron chi connectivity index (χ0n) is 12.1. The highest BCUT2D eigenvalue weighted by Crippen LogP contribution is 2.25. The predicted octanol–water partition coefficient (Wildman–Crippen LogP) is 3.59. The molecule has 1 rings (SSSR count). The Labute approximate surface area is 130 Å². The number of halogens is 1. The van der Waals surface area contributed by atoms with Crippen LogP contribution in [-0.4, -0.2) is 29.4 Å². The van der Waals surface area contributed by atoms with Gasteiger partial charge in [-0.25, -0.2) is 0 Å². The van der Waals surface area contributed by atoms with Crippen molar-refractivity contribution in [1.82, 2.24) is 5.32 Å². The third kappa shape index (κ3) is 5.73. The van der Waals surface area contributed by atoms with Crippen LogP contribution in [0.5, 0.6) is 0 Å². The standard InChI is InChI=1S/C15H22ClNO2S/c1-4-20-14-6-5-11(16)8-13(14)15(19)17-9-12(18)7-10(2)3/h5-6,8,10,12,18H,4,7,9H2,1-3H3,(H,17,19). The summed E-state index contributed by atoms with van der Waals surface area (Å²) in [6.45, 7) is 6.38. The minimum Gasteiger partial charge on any atom is -0.391 e. The molecule has 1 amide bonds. The van der Waals surface area contributed by atoms with Gasteiger partial charge in [-0.15, -0.1) is 11.8 Å². The molecule has 0 aliphatic carbocycles. The molecule has 5 heteroatoms. The van der Waals surface area contributed by atoms with E-state index in [2.05, 4.69) is 5.32 Å². The highest BCUT2D eigenvalue weighted by atomic mass is 35.5. The Balaban J connectivity index is 2.69. The van der Waals surface area contributed by atoms with Gasteiger partial charge in [-0.2, -0.15) is 0 Å². The number of thioether (sulfide) groups is 1. The summed E-state index contributed by atoms with van der Waals surface area (Å²) in [5.41, 5.74) is 0.570. The zero-order chi connectivity index (χ0) is 15.1. The maximum Gasteiger partial charge on any atom is 0.252 e. The molecule has 0 aromatic heterocycles. The quantitative estimate of drug-likeness (QED) is 0.756. The van der Waals surface area contributed by atoms with Crippen molar-refractivity contribution < 1.29 is 9.90 Å². The van der Waals surface area contributed by atoms with E-state index in [4.69, 9.17) is 11.6 Å². The van der Waals surface area contributed by atoms with Gasteiger partial charge in [-0.3, -0.25) is 4.79 Å². The summed E-state index contributed by atoms with van der Waals surface area (Å²) in [7, 11) is 0. The molecule has 0 bridgehead atoms. The average Bonchev–Trinajstić information content (AvgIpc) is 2.37. The summed E-state index contributed by atoms with van der Waals surface area (Å²) < 4.78 is 0. The topological polar surface area (TPSA) is 49.3 Å². The molecular formula is C15H22ClNO2S. The molecule has 0 heterocycles. The predicted molar refractivity (Wildman–Crippen MR) is 85.6 cm³/mol. The molecule has 20 heavy (non-hydrogen) atoms. The van der Waals surface area contributed by atoms with E-state index in [1.54, 1.807) is 23.9 Å². The van der Waals surface area contributed by atoms with Crippen LogP contribution in [-0.2, 0) is 0 Å². The van der Waals surface area contributed by atoms with Crippen LogP contribution in [0, 0.1) is 5.92 Å². The molecule has 0 saturated carbocycles. The SMILES string of the molecule is CCSc1ccc(Cl)cc1C(=O)NCC(O)CC(C)C. The number of carbonyl (C=O) groups excluding carboxylic acids is 1. The minimum absolute atomic E-state index is 0.189. The molecule has 0 aliphatic heterocycles. The fourth-order valence-electron chi connectivity index (χ4n) is 1.89. The van der Waals surface area contributed by atoms with E-state index in [0.717, 1.165) is 10.6 Å². The van der Waals surface area contributed by atoms with E-state index in [1.165, 1.54) is 0 Å². The molecule has 3 nitrogen and oxygen atoms in total. The molecule has 2 N–H and O–H groups in total. The van der Waals surface area contributed by atoms with Crippen molar-refractivity contribution >= 4 is 29.3 Å². The van der Waals surface area contributed by atoms with Gasteiger partial charge in [-0.05, 0) is 36.3 Å². The average molecular weight is 316 g/mol. The van der Waals surface area contributed by atoms with Gasteiger partial charge in [-0.1, -0.05) is 32.4 Å². The first-order chi connectivity index (χ1) is 9.43. The molecule has 0 spiro atoms. The van der Waals surface area contributed by atoms with E-state index in [0.29, 0.717) is 22.9 Å². The monoisotopic (exact) mass is 315 g/mol. The van der Waals surface area contributed by atoms with Gasteiger partial charge in [0.1, 0.15) is 0 Å². The number of aliphatic hydroxyl groups is 1. The van der Waals surface area contributed by atoms with E-state index < -0.39 is 6.10 Å². The number of amides is 1. The van der Waals surface area contributed by atoms with Crippen LogP contribution in [0.1, 0.15) is 37.6 Å². The van der Waals surface area contributed by atoms with Gasteiger partial charge in [0.05, 0.1) is 11.7 Å². The second-order valence-electron chi connectivity index (χ2n) is 5.07. The van der Waals surface area contributed by atoms with E-state index in [-0.39, 0.29) is 12.5 Å². The fraction of sp³-hybridized carbons (Fsp3) is 0.533. The van der Waals surface area contributed by atoms with Crippen LogP contribution in [0.15, 0.2) is 23.1 Å². The minimum atomic E-state index is -0.514. The molecule has 1 aromatic carbocycles. The lowest BCUT2D eigenvalue weighted by molar-refractivity contribution is 0.0897. The van der Waals surface area contributed by atoms with Crippen molar-refractivity contribution in [2.45, 2.75) is 38.2 Å². The Morgan fingerprint density at radius 1 is 1.45 bits per heavy atom.